The van der Waals surface area contributed by atoms with Gasteiger partial charge in [0.15, 0.2) is 0 Å². The van der Waals surface area contributed by atoms with Crippen LogP contribution in [0, 0.1) is 5.41 Å². The highest BCUT2D eigenvalue weighted by molar-refractivity contribution is 5.32. The van der Waals surface area contributed by atoms with Crippen LogP contribution in [-0.2, 0) is 0 Å². The lowest BCUT2D eigenvalue weighted by molar-refractivity contribution is -0.151. The molecule has 3 nitrogen and oxygen atoms in total. The van der Waals surface area contributed by atoms with Gasteiger partial charge in [-0.05, 0) is 43.5 Å². The van der Waals surface area contributed by atoms with Gasteiger partial charge in [0.1, 0.15) is 17.6 Å². The second-order valence-corrected chi connectivity index (χ2v) is 6.12. The molecule has 1 aromatic rings. The summed E-state index contributed by atoms with van der Waals surface area (Å²) in [4.78, 5) is 0. The molecular formula is C17H24O3. The predicted octanol–water partition coefficient (Wildman–Crippen LogP) is 3.55. The second kappa shape index (κ2) is 5.65. The van der Waals surface area contributed by atoms with Crippen LogP contribution in [-0.4, -0.2) is 23.9 Å². The van der Waals surface area contributed by atoms with E-state index in [4.69, 9.17) is 9.47 Å². The van der Waals surface area contributed by atoms with Gasteiger partial charge in [-0.25, -0.2) is 0 Å². The van der Waals surface area contributed by atoms with Crippen molar-refractivity contribution in [2.75, 3.05) is 6.61 Å². The lowest BCUT2D eigenvalue weighted by Crippen LogP contribution is -2.58. The molecule has 3 rings (SSSR count). The third-order valence-electron chi connectivity index (χ3n) is 4.85. The molecule has 0 aliphatic heterocycles. The Kier molecular flexibility index (Phi) is 3.88. The number of aliphatic hydroxyl groups is 1. The SMILES string of the molecule is CCCOc1ccc(OC2CC(O)C23CCCC3)cc1. The van der Waals surface area contributed by atoms with Gasteiger partial charge >= 0.3 is 0 Å². The smallest absolute Gasteiger partial charge is 0.120 e. The Morgan fingerprint density at radius 2 is 1.80 bits per heavy atom. The number of aliphatic hydroxyl groups excluding tert-OH is 1. The molecule has 2 saturated carbocycles. The van der Waals surface area contributed by atoms with Crippen LogP contribution < -0.4 is 9.47 Å². The zero-order chi connectivity index (χ0) is 14.0. The minimum Gasteiger partial charge on any atom is -0.494 e. The molecule has 2 aliphatic rings. The Bertz CT molecular complexity index is 434. The van der Waals surface area contributed by atoms with Crippen LogP contribution in [0.25, 0.3) is 0 Å². The van der Waals surface area contributed by atoms with Gasteiger partial charge in [0.25, 0.3) is 0 Å². The Hall–Kier alpha value is -1.22. The van der Waals surface area contributed by atoms with Gasteiger partial charge in [0.2, 0.25) is 0 Å². The van der Waals surface area contributed by atoms with E-state index < -0.39 is 0 Å². The molecule has 3 heteroatoms. The molecule has 0 heterocycles. The third-order valence-corrected chi connectivity index (χ3v) is 4.85. The van der Waals surface area contributed by atoms with Gasteiger partial charge in [-0.1, -0.05) is 19.8 Å². The average molecular weight is 276 g/mol. The van der Waals surface area contributed by atoms with Gasteiger partial charge in [-0.2, -0.15) is 0 Å². The normalized spacial score (nSPS) is 27.3. The summed E-state index contributed by atoms with van der Waals surface area (Å²) in [6, 6.07) is 7.86. The van der Waals surface area contributed by atoms with Crippen LogP contribution in [0.1, 0.15) is 45.4 Å². The zero-order valence-electron chi connectivity index (χ0n) is 12.2. The molecule has 2 fully saturated rings. The molecule has 1 spiro atoms. The van der Waals surface area contributed by atoms with Gasteiger partial charge in [0, 0.05) is 11.8 Å². The van der Waals surface area contributed by atoms with Crippen LogP contribution in [0.3, 0.4) is 0 Å². The standard InChI is InChI=1S/C17H24O3/c1-2-11-19-13-5-7-14(8-6-13)20-16-12-15(18)17(16)9-3-4-10-17/h5-8,15-16,18H,2-4,9-12H2,1H3. The number of rotatable bonds is 5. The number of benzene rings is 1. The van der Waals surface area contributed by atoms with Crippen molar-refractivity contribution in [1.82, 2.24) is 0 Å². The topological polar surface area (TPSA) is 38.7 Å². The van der Waals surface area contributed by atoms with Crippen molar-refractivity contribution in [2.24, 2.45) is 5.41 Å². The van der Waals surface area contributed by atoms with E-state index in [-0.39, 0.29) is 17.6 Å². The maximum atomic E-state index is 10.1. The Labute approximate surface area is 120 Å². The van der Waals surface area contributed by atoms with E-state index in [9.17, 15) is 5.11 Å². The van der Waals surface area contributed by atoms with E-state index in [0.29, 0.717) is 0 Å². The van der Waals surface area contributed by atoms with Crippen LogP contribution in [0.15, 0.2) is 24.3 Å². The quantitative estimate of drug-likeness (QED) is 0.894. The lowest BCUT2D eigenvalue weighted by atomic mass is 9.62. The molecule has 0 amide bonds. The van der Waals surface area contributed by atoms with E-state index in [1.54, 1.807) is 0 Å². The van der Waals surface area contributed by atoms with Crippen molar-refractivity contribution in [2.45, 2.75) is 57.7 Å². The van der Waals surface area contributed by atoms with E-state index in [0.717, 1.165) is 43.8 Å². The zero-order valence-corrected chi connectivity index (χ0v) is 12.2. The molecule has 20 heavy (non-hydrogen) atoms. The molecule has 2 atom stereocenters. The molecule has 1 aromatic carbocycles. The predicted molar refractivity (Wildman–Crippen MR) is 78.2 cm³/mol. The summed E-state index contributed by atoms with van der Waals surface area (Å²) in [5.41, 5.74) is 0.0391. The van der Waals surface area contributed by atoms with Crippen molar-refractivity contribution in [1.29, 1.82) is 0 Å². The Morgan fingerprint density at radius 3 is 2.40 bits per heavy atom. The molecule has 0 radical (unpaired) electrons. The molecular weight excluding hydrogens is 252 g/mol. The summed E-state index contributed by atoms with van der Waals surface area (Å²) in [6.45, 7) is 2.85. The van der Waals surface area contributed by atoms with E-state index >= 15 is 0 Å². The summed E-state index contributed by atoms with van der Waals surface area (Å²) in [7, 11) is 0. The number of hydrogen-bond acceptors (Lipinski definition) is 3. The average Bonchev–Trinajstić information content (AvgIpc) is 2.99. The van der Waals surface area contributed by atoms with Gasteiger partial charge in [-0.3, -0.25) is 0 Å². The fourth-order valence-electron chi connectivity index (χ4n) is 3.58. The Morgan fingerprint density at radius 1 is 1.15 bits per heavy atom. The molecule has 2 unspecified atom stereocenters. The van der Waals surface area contributed by atoms with Crippen LogP contribution in [0.4, 0.5) is 0 Å². The van der Waals surface area contributed by atoms with Crippen molar-refractivity contribution >= 4 is 0 Å². The van der Waals surface area contributed by atoms with Gasteiger partial charge in [0.05, 0.1) is 12.7 Å². The summed E-state index contributed by atoms with van der Waals surface area (Å²) < 4.78 is 11.7. The molecule has 0 aromatic heterocycles. The highest BCUT2D eigenvalue weighted by Crippen LogP contribution is 2.54. The van der Waals surface area contributed by atoms with Crippen LogP contribution >= 0.6 is 0 Å². The summed E-state index contributed by atoms with van der Waals surface area (Å²) >= 11 is 0. The van der Waals surface area contributed by atoms with E-state index in [1.165, 1.54) is 12.8 Å². The number of ether oxygens (including phenoxy) is 2. The molecule has 1 N–H and O–H groups in total. The van der Waals surface area contributed by atoms with Gasteiger partial charge < -0.3 is 14.6 Å². The fourth-order valence-corrected chi connectivity index (χ4v) is 3.58. The van der Waals surface area contributed by atoms with Crippen molar-refractivity contribution < 1.29 is 14.6 Å². The first-order chi connectivity index (χ1) is 9.74. The first kappa shape index (κ1) is 13.7. The minimum absolute atomic E-state index is 0.0391. The van der Waals surface area contributed by atoms with Crippen molar-refractivity contribution in [3.63, 3.8) is 0 Å². The molecule has 0 bridgehead atoms. The first-order valence-corrected chi connectivity index (χ1v) is 7.82. The Balaban J connectivity index is 1.60. The van der Waals surface area contributed by atoms with E-state index in [1.807, 2.05) is 24.3 Å². The van der Waals surface area contributed by atoms with Crippen molar-refractivity contribution in [3.05, 3.63) is 24.3 Å². The first-order valence-electron chi connectivity index (χ1n) is 7.82. The highest BCUT2D eigenvalue weighted by Gasteiger charge is 2.57. The maximum absolute atomic E-state index is 10.1. The summed E-state index contributed by atoms with van der Waals surface area (Å²) in [5.74, 6) is 1.78. The van der Waals surface area contributed by atoms with Crippen LogP contribution in [0.5, 0.6) is 11.5 Å². The number of hydrogen-bond donors (Lipinski definition) is 1. The molecule has 0 saturated heterocycles. The highest BCUT2D eigenvalue weighted by atomic mass is 16.5. The third kappa shape index (κ3) is 2.39. The summed E-state index contributed by atoms with van der Waals surface area (Å²) in [5, 5.41) is 10.1. The van der Waals surface area contributed by atoms with Crippen LogP contribution in [0.2, 0.25) is 0 Å². The maximum Gasteiger partial charge on any atom is 0.120 e. The fraction of sp³-hybridized carbons (Fsp3) is 0.647. The minimum atomic E-state index is -0.165. The molecule has 110 valence electrons. The summed E-state index contributed by atoms with van der Waals surface area (Å²) in [6.07, 6.45) is 6.47. The largest absolute Gasteiger partial charge is 0.494 e. The molecule has 2 aliphatic carbocycles. The van der Waals surface area contributed by atoms with E-state index in [2.05, 4.69) is 6.92 Å². The van der Waals surface area contributed by atoms with Crippen molar-refractivity contribution in [3.8, 4) is 11.5 Å². The monoisotopic (exact) mass is 276 g/mol. The second-order valence-electron chi connectivity index (χ2n) is 6.12. The van der Waals surface area contributed by atoms with Gasteiger partial charge in [-0.15, -0.1) is 0 Å². The lowest BCUT2D eigenvalue weighted by Gasteiger charge is -2.51.